The normalized spacial score (nSPS) is 28.4. The van der Waals surface area contributed by atoms with Crippen molar-refractivity contribution < 1.29 is 4.43 Å². The molecule has 2 heteroatoms. The molecule has 22 heavy (non-hydrogen) atoms. The summed E-state index contributed by atoms with van der Waals surface area (Å²) >= 11 is 0. The first kappa shape index (κ1) is 13.7. The second-order valence-electron chi connectivity index (χ2n) is 6.21. The van der Waals surface area contributed by atoms with E-state index in [9.17, 15) is 0 Å². The standard InChI is InChI=1S/C20H20OSi/c1-3-17-16-11-7-8-12-18(16)20(17,4-2)21-22-19-13-14-9-5-6-10-15(14)19/h3-12,17,19H,1-2,13,22H2. The monoisotopic (exact) mass is 304 g/mol. The molecule has 0 aliphatic heterocycles. The van der Waals surface area contributed by atoms with Gasteiger partial charge >= 0.3 is 0 Å². The Morgan fingerprint density at radius 3 is 2.50 bits per heavy atom. The van der Waals surface area contributed by atoms with E-state index in [0.29, 0.717) is 5.54 Å². The molecule has 0 amide bonds. The average molecular weight is 304 g/mol. The lowest BCUT2D eigenvalue weighted by molar-refractivity contribution is 0.0775. The number of fused-ring (bicyclic) bond motifs is 2. The largest absolute Gasteiger partial charge is 0.409 e. The summed E-state index contributed by atoms with van der Waals surface area (Å²) in [7, 11) is -0.661. The van der Waals surface area contributed by atoms with Crippen LogP contribution < -0.4 is 0 Å². The van der Waals surface area contributed by atoms with Gasteiger partial charge in [-0.1, -0.05) is 67.3 Å². The summed E-state index contributed by atoms with van der Waals surface area (Å²) in [6, 6.07) is 17.2. The Labute approximate surface area is 134 Å². The van der Waals surface area contributed by atoms with Gasteiger partial charge in [0.2, 0.25) is 0 Å². The summed E-state index contributed by atoms with van der Waals surface area (Å²) < 4.78 is 6.56. The van der Waals surface area contributed by atoms with Crippen LogP contribution in [-0.4, -0.2) is 9.76 Å². The fourth-order valence-electron chi connectivity index (χ4n) is 3.96. The van der Waals surface area contributed by atoms with Crippen molar-refractivity contribution in [3.8, 4) is 0 Å². The molecule has 2 aromatic rings. The number of benzene rings is 2. The van der Waals surface area contributed by atoms with Crippen LogP contribution in [0, 0.1) is 0 Å². The summed E-state index contributed by atoms with van der Waals surface area (Å²) in [5, 5.41) is 0. The third kappa shape index (κ3) is 1.74. The van der Waals surface area contributed by atoms with Crippen molar-refractivity contribution in [3.05, 3.63) is 96.1 Å². The lowest BCUT2D eigenvalue weighted by Gasteiger charge is -2.49. The quantitative estimate of drug-likeness (QED) is 0.604. The van der Waals surface area contributed by atoms with Crippen LogP contribution in [0.25, 0.3) is 0 Å². The Kier molecular flexibility index (Phi) is 3.17. The van der Waals surface area contributed by atoms with E-state index >= 15 is 0 Å². The maximum absolute atomic E-state index is 6.56. The summed E-state index contributed by atoms with van der Waals surface area (Å²) in [5.74, 6) is 0.240. The van der Waals surface area contributed by atoms with Gasteiger partial charge in [0.25, 0.3) is 0 Å². The second kappa shape index (κ2) is 5.08. The van der Waals surface area contributed by atoms with Gasteiger partial charge in [-0.25, -0.2) is 0 Å². The fraction of sp³-hybridized carbons (Fsp3) is 0.200. The van der Waals surface area contributed by atoms with Gasteiger partial charge in [-0.3, -0.25) is 0 Å². The molecule has 2 aliphatic rings. The van der Waals surface area contributed by atoms with Crippen molar-refractivity contribution in [1.29, 1.82) is 0 Å². The highest BCUT2D eigenvalue weighted by molar-refractivity contribution is 6.31. The zero-order valence-corrected chi connectivity index (χ0v) is 14.1. The lowest BCUT2D eigenvalue weighted by atomic mass is 9.64. The Morgan fingerprint density at radius 1 is 1.05 bits per heavy atom. The first-order valence-corrected chi connectivity index (χ1v) is 9.27. The lowest BCUT2D eigenvalue weighted by Crippen LogP contribution is -2.45. The van der Waals surface area contributed by atoms with E-state index in [1.165, 1.54) is 28.7 Å². The van der Waals surface area contributed by atoms with E-state index in [1.54, 1.807) is 0 Å². The van der Waals surface area contributed by atoms with E-state index in [0.717, 1.165) is 0 Å². The predicted molar refractivity (Wildman–Crippen MR) is 93.8 cm³/mol. The number of rotatable bonds is 5. The molecular formula is C20H20OSi. The van der Waals surface area contributed by atoms with Gasteiger partial charge in [0, 0.05) is 11.5 Å². The van der Waals surface area contributed by atoms with Crippen molar-refractivity contribution in [2.75, 3.05) is 0 Å². The van der Waals surface area contributed by atoms with Crippen LogP contribution in [0.15, 0.2) is 73.8 Å². The van der Waals surface area contributed by atoms with Crippen LogP contribution in [-0.2, 0) is 16.4 Å². The highest BCUT2D eigenvalue weighted by atomic mass is 28.2. The molecule has 3 unspecified atom stereocenters. The molecule has 110 valence electrons. The van der Waals surface area contributed by atoms with Crippen LogP contribution in [0.4, 0.5) is 0 Å². The Morgan fingerprint density at radius 2 is 1.77 bits per heavy atom. The Hall–Kier alpha value is -1.90. The third-order valence-electron chi connectivity index (χ3n) is 5.20. The fourth-order valence-corrected chi connectivity index (χ4v) is 5.90. The van der Waals surface area contributed by atoms with Gasteiger partial charge in [-0.05, 0) is 28.7 Å². The molecule has 0 spiro atoms. The van der Waals surface area contributed by atoms with E-state index in [-0.39, 0.29) is 11.5 Å². The Balaban J connectivity index is 1.57. The van der Waals surface area contributed by atoms with E-state index < -0.39 is 9.76 Å². The maximum Gasteiger partial charge on any atom is 0.171 e. The van der Waals surface area contributed by atoms with E-state index in [4.69, 9.17) is 4.43 Å². The molecule has 0 fully saturated rings. The Bertz CT molecular complexity index is 751. The zero-order valence-electron chi connectivity index (χ0n) is 12.7. The molecule has 0 radical (unpaired) electrons. The van der Waals surface area contributed by atoms with Crippen molar-refractivity contribution in [2.45, 2.75) is 23.5 Å². The smallest absolute Gasteiger partial charge is 0.171 e. The SMILES string of the molecule is C=CC1c2ccccc2C1(C=C)O[SiH2]C1Cc2ccccc21. The summed E-state index contributed by atoms with van der Waals surface area (Å²) in [6.45, 7) is 8.08. The van der Waals surface area contributed by atoms with Crippen LogP contribution in [0.3, 0.4) is 0 Å². The minimum Gasteiger partial charge on any atom is -0.409 e. The van der Waals surface area contributed by atoms with Crippen molar-refractivity contribution in [2.24, 2.45) is 0 Å². The van der Waals surface area contributed by atoms with Crippen molar-refractivity contribution in [1.82, 2.24) is 0 Å². The summed E-state index contributed by atoms with van der Waals surface area (Å²) in [6.07, 6.45) is 5.17. The summed E-state index contributed by atoms with van der Waals surface area (Å²) in [4.78, 5) is 0. The maximum atomic E-state index is 6.56. The molecular weight excluding hydrogens is 284 g/mol. The molecule has 2 aromatic carbocycles. The molecule has 2 aliphatic carbocycles. The minimum atomic E-state index is -0.661. The third-order valence-corrected chi connectivity index (χ3v) is 6.98. The van der Waals surface area contributed by atoms with Gasteiger partial charge in [0.15, 0.2) is 9.76 Å². The molecule has 0 aromatic heterocycles. The number of hydrogen-bond donors (Lipinski definition) is 0. The van der Waals surface area contributed by atoms with E-state index in [1.807, 2.05) is 12.2 Å². The topological polar surface area (TPSA) is 9.23 Å². The van der Waals surface area contributed by atoms with Gasteiger partial charge < -0.3 is 4.43 Å². The molecule has 0 saturated heterocycles. The van der Waals surface area contributed by atoms with Gasteiger partial charge in [0.05, 0.1) is 0 Å². The first-order chi connectivity index (χ1) is 10.8. The molecule has 0 heterocycles. The first-order valence-electron chi connectivity index (χ1n) is 7.87. The highest BCUT2D eigenvalue weighted by Gasteiger charge is 2.49. The summed E-state index contributed by atoms with van der Waals surface area (Å²) in [5.41, 5.74) is 5.90. The van der Waals surface area contributed by atoms with Crippen molar-refractivity contribution in [3.63, 3.8) is 0 Å². The average Bonchev–Trinajstić information content (AvgIpc) is 2.53. The molecule has 0 N–H and O–H groups in total. The minimum absolute atomic E-state index is 0.240. The van der Waals surface area contributed by atoms with Crippen LogP contribution in [0.1, 0.15) is 33.7 Å². The van der Waals surface area contributed by atoms with Crippen molar-refractivity contribution >= 4 is 9.76 Å². The molecule has 0 bridgehead atoms. The zero-order chi connectivity index (χ0) is 15.2. The molecule has 4 rings (SSSR count). The van der Waals surface area contributed by atoms with Gasteiger partial charge in [-0.2, -0.15) is 0 Å². The van der Waals surface area contributed by atoms with Gasteiger partial charge in [0.1, 0.15) is 5.60 Å². The molecule has 1 nitrogen and oxygen atoms in total. The number of hydrogen-bond acceptors (Lipinski definition) is 1. The molecule has 3 atom stereocenters. The predicted octanol–water partition coefficient (Wildman–Crippen LogP) is 3.75. The van der Waals surface area contributed by atoms with E-state index in [2.05, 4.69) is 61.7 Å². The van der Waals surface area contributed by atoms with Crippen LogP contribution >= 0.6 is 0 Å². The van der Waals surface area contributed by atoms with Crippen LogP contribution in [0.5, 0.6) is 0 Å². The molecule has 0 saturated carbocycles. The van der Waals surface area contributed by atoms with Crippen LogP contribution in [0.2, 0.25) is 0 Å². The second-order valence-corrected chi connectivity index (χ2v) is 7.82. The van der Waals surface area contributed by atoms with Gasteiger partial charge in [-0.15, -0.1) is 6.58 Å². The highest BCUT2D eigenvalue weighted by Crippen LogP contribution is 2.54.